The van der Waals surface area contributed by atoms with Gasteiger partial charge in [0.05, 0.1) is 5.52 Å². The number of fused-ring (bicyclic) bond motifs is 1. The Hall–Kier alpha value is -3.10. The number of hydrogen-bond donors (Lipinski definition) is 0. The van der Waals surface area contributed by atoms with Gasteiger partial charge in [-0.25, -0.2) is 9.97 Å². The van der Waals surface area contributed by atoms with Crippen LogP contribution in [0.4, 0.5) is 0 Å². The molecule has 3 aromatic rings. The van der Waals surface area contributed by atoms with E-state index in [0.717, 1.165) is 35.1 Å². The molecule has 0 saturated carbocycles. The van der Waals surface area contributed by atoms with Gasteiger partial charge in [-0.05, 0) is 30.5 Å². The minimum atomic E-state index is 0.783. The molecule has 112 valence electrons. The van der Waals surface area contributed by atoms with E-state index in [1.807, 2.05) is 60.8 Å². The highest BCUT2D eigenvalue weighted by atomic mass is 14.7. The van der Waals surface area contributed by atoms with E-state index in [4.69, 9.17) is 6.42 Å². The molecule has 2 heteroatoms. The molecule has 0 spiro atoms. The molecule has 0 atom stereocenters. The molecular formula is C21H19N2+. The summed E-state index contributed by atoms with van der Waals surface area (Å²) in [6, 6.07) is 17.8. The molecule has 2 nitrogen and oxygen atoms in total. The SMILES string of the molecule is C#CCCC.C(#Cc1cccc[nH+]1)c1ccc2ccccc2n1. The molecule has 0 radical (unpaired) electrons. The number of H-pyrrole nitrogens is 1. The fourth-order valence-corrected chi connectivity index (χ4v) is 1.88. The minimum Gasteiger partial charge on any atom is -0.239 e. The van der Waals surface area contributed by atoms with Crippen molar-refractivity contribution in [1.29, 1.82) is 0 Å². The molecule has 0 bridgehead atoms. The molecule has 0 saturated heterocycles. The second kappa shape index (κ2) is 9.03. The molecule has 0 aliphatic carbocycles. The highest BCUT2D eigenvalue weighted by Crippen LogP contribution is 2.10. The van der Waals surface area contributed by atoms with E-state index in [-0.39, 0.29) is 0 Å². The molecular weight excluding hydrogens is 280 g/mol. The number of rotatable bonds is 1. The average Bonchev–Trinajstić information content (AvgIpc) is 2.62. The van der Waals surface area contributed by atoms with E-state index < -0.39 is 0 Å². The first kappa shape index (κ1) is 16.3. The van der Waals surface area contributed by atoms with Crippen LogP contribution in [-0.2, 0) is 0 Å². The number of unbranched alkanes of at least 4 members (excludes halogenated alkanes) is 1. The van der Waals surface area contributed by atoms with Crippen molar-refractivity contribution in [2.75, 3.05) is 0 Å². The first-order valence-corrected chi connectivity index (χ1v) is 7.61. The predicted molar refractivity (Wildman–Crippen MR) is 94.5 cm³/mol. The van der Waals surface area contributed by atoms with Crippen molar-refractivity contribution in [3.63, 3.8) is 0 Å². The molecule has 2 aromatic heterocycles. The third kappa shape index (κ3) is 5.30. The first-order chi connectivity index (χ1) is 11.3. The zero-order valence-corrected chi connectivity index (χ0v) is 13.2. The lowest BCUT2D eigenvalue weighted by Gasteiger charge is -1.95. The number of hydrogen-bond acceptors (Lipinski definition) is 1. The van der Waals surface area contributed by atoms with Gasteiger partial charge in [0, 0.05) is 29.9 Å². The van der Waals surface area contributed by atoms with Crippen molar-refractivity contribution in [3.8, 4) is 24.2 Å². The summed E-state index contributed by atoms with van der Waals surface area (Å²) in [6.45, 7) is 2.07. The van der Waals surface area contributed by atoms with Crippen LogP contribution in [0.3, 0.4) is 0 Å². The predicted octanol–water partition coefficient (Wildman–Crippen LogP) is 3.87. The number of benzene rings is 1. The largest absolute Gasteiger partial charge is 0.255 e. The number of nitrogens with one attached hydrogen (secondary N) is 1. The van der Waals surface area contributed by atoms with Gasteiger partial charge >= 0.3 is 0 Å². The maximum atomic E-state index is 4.89. The first-order valence-electron chi connectivity index (χ1n) is 7.61. The van der Waals surface area contributed by atoms with Gasteiger partial charge in [-0.2, -0.15) is 0 Å². The van der Waals surface area contributed by atoms with Crippen molar-refractivity contribution >= 4 is 10.9 Å². The summed E-state index contributed by atoms with van der Waals surface area (Å²) in [4.78, 5) is 7.58. The Morgan fingerprint density at radius 2 is 1.83 bits per heavy atom. The van der Waals surface area contributed by atoms with Crippen LogP contribution in [0.5, 0.6) is 0 Å². The van der Waals surface area contributed by atoms with Crippen LogP contribution in [0.2, 0.25) is 0 Å². The quantitative estimate of drug-likeness (QED) is 0.627. The van der Waals surface area contributed by atoms with Crippen molar-refractivity contribution in [2.24, 2.45) is 0 Å². The lowest BCUT2D eigenvalue weighted by molar-refractivity contribution is -0.381. The van der Waals surface area contributed by atoms with Crippen molar-refractivity contribution in [3.05, 3.63) is 72.2 Å². The molecule has 2 heterocycles. The van der Waals surface area contributed by atoms with Crippen LogP contribution < -0.4 is 4.98 Å². The summed E-state index contributed by atoms with van der Waals surface area (Å²) >= 11 is 0. The standard InChI is InChI=1S/C16H10N2.C5H8/c1-2-7-16-13(5-1)8-9-15(18-16)11-10-14-6-3-4-12-17-14;1-3-5-4-2/h1-9,12H;1H,4-5H2,2H3/p+1. The van der Waals surface area contributed by atoms with Gasteiger partial charge < -0.3 is 0 Å². The minimum absolute atomic E-state index is 0.783. The second-order valence-corrected chi connectivity index (χ2v) is 4.87. The van der Waals surface area contributed by atoms with Crippen LogP contribution >= 0.6 is 0 Å². The van der Waals surface area contributed by atoms with Crippen molar-refractivity contribution in [1.82, 2.24) is 4.98 Å². The van der Waals surface area contributed by atoms with E-state index in [0.29, 0.717) is 0 Å². The Morgan fingerprint density at radius 3 is 2.52 bits per heavy atom. The van der Waals surface area contributed by atoms with Gasteiger partial charge in [-0.15, -0.1) is 12.3 Å². The number of aromatic amines is 1. The molecule has 0 aliphatic rings. The summed E-state index contributed by atoms with van der Waals surface area (Å²) in [5, 5.41) is 1.13. The van der Waals surface area contributed by atoms with E-state index in [1.54, 1.807) is 0 Å². The van der Waals surface area contributed by atoms with Crippen molar-refractivity contribution < 1.29 is 4.98 Å². The van der Waals surface area contributed by atoms with Crippen LogP contribution in [0.25, 0.3) is 10.9 Å². The van der Waals surface area contributed by atoms with Crippen molar-refractivity contribution in [2.45, 2.75) is 19.8 Å². The lowest BCUT2D eigenvalue weighted by atomic mass is 10.2. The monoisotopic (exact) mass is 299 g/mol. The molecule has 0 amide bonds. The van der Waals surface area contributed by atoms with E-state index in [9.17, 15) is 0 Å². The molecule has 0 fully saturated rings. The molecule has 23 heavy (non-hydrogen) atoms. The van der Waals surface area contributed by atoms with Gasteiger partial charge in [0.25, 0.3) is 5.69 Å². The summed E-state index contributed by atoms with van der Waals surface area (Å²) in [6.07, 6.45) is 8.77. The van der Waals surface area contributed by atoms with E-state index >= 15 is 0 Å². The highest BCUT2D eigenvalue weighted by Gasteiger charge is 1.95. The van der Waals surface area contributed by atoms with Gasteiger partial charge in [0.1, 0.15) is 5.69 Å². The highest BCUT2D eigenvalue weighted by molar-refractivity contribution is 5.78. The summed E-state index contributed by atoms with van der Waals surface area (Å²) in [5.74, 6) is 8.64. The molecule has 1 N–H and O–H groups in total. The summed E-state index contributed by atoms with van der Waals surface area (Å²) in [5.41, 5.74) is 2.64. The molecule has 0 aliphatic heterocycles. The molecule has 3 rings (SSSR count). The van der Waals surface area contributed by atoms with Gasteiger partial charge in [-0.1, -0.05) is 31.2 Å². The van der Waals surface area contributed by atoms with Crippen LogP contribution in [-0.4, -0.2) is 4.98 Å². The Morgan fingerprint density at radius 1 is 1.00 bits per heavy atom. The topological polar surface area (TPSA) is 27.0 Å². The number of para-hydroxylation sites is 1. The van der Waals surface area contributed by atoms with Gasteiger partial charge in [0.15, 0.2) is 6.20 Å². The Kier molecular flexibility index (Phi) is 6.39. The third-order valence-corrected chi connectivity index (χ3v) is 3.03. The van der Waals surface area contributed by atoms with Gasteiger partial charge in [-0.3, -0.25) is 0 Å². The number of nitrogens with zero attached hydrogens (tertiary/aromatic N) is 1. The maximum absolute atomic E-state index is 4.89. The van der Waals surface area contributed by atoms with E-state index in [2.05, 4.69) is 34.7 Å². The third-order valence-electron chi connectivity index (χ3n) is 3.03. The molecule has 1 aromatic carbocycles. The fourth-order valence-electron chi connectivity index (χ4n) is 1.88. The normalized spacial score (nSPS) is 9.04. The zero-order valence-electron chi connectivity index (χ0n) is 13.2. The maximum Gasteiger partial charge on any atom is 0.255 e. The lowest BCUT2D eigenvalue weighted by Crippen LogP contribution is -2.04. The fraction of sp³-hybridized carbons (Fsp3) is 0.143. The Labute approximate surface area is 137 Å². The average molecular weight is 299 g/mol. The second-order valence-electron chi connectivity index (χ2n) is 4.87. The van der Waals surface area contributed by atoms with Crippen LogP contribution in [0, 0.1) is 24.2 Å². The van der Waals surface area contributed by atoms with Crippen LogP contribution in [0.15, 0.2) is 60.8 Å². The number of terminal acetylenes is 1. The zero-order chi connectivity index (χ0) is 16.3. The Bertz CT molecular complexity index is 849. The summed E-state index contributed by atoms with van der Waals surface area (Å²) in [7, 11) is 0. The smallest absolute Gasteiger partial charge is 0.239 e. The van der Waals surface area contributed by atoms with Crippen LogP contribution in [0.1, 0.15) is 31.2 Å². The number of aromatic nitrogens is 2. The molecule has 0 unspecified atom stereocenters. The van der Waals surface area contributed by atoms with Gasteiger partial charge in [0.2, 0.25) is 0 Å². The Balaban J connectivity index is 0.000000338. The summed E-state index contributed by atoms with van der Waals surface area (Å²) < 4.78 is 0. The number of pyridine rings is 2. The van der Waals surface area contributed by atoms with E-state index in [1.165, 1.54) is 0 Å².